The Hall–Kier alpha value is -0.180. The Kier molecular flexibility index (Phi) is 4.56. The van der Waals surface area contributed by atoms with Crippen molar-refractivity contribution < 1.29 is 0 Å². The van der Waals surface area contributed by atoms with E-state index < -0.39 is 0 Å². The van der Waals surface area contributed by atoms with Crippen LogP contribution in [0.25, 0.3) is 0 Å². The Labute approximate surface area is 107 Å². The summed E-state index contributed by atoms with van der Waals surface area (Å²) in [5.74, 6) is 2.05. The Bertz CT molecular complexity index is 321. The predicted molar refractivity (Wildman–Crippen MR) is 72.4 cm³/mol. The van der Waals surface area contributed by atoms with Crippen molar-refractivity contribution in [2.45, 2.75) is 30.2 Å². The van der Waals surface area contributed by atoms with Crippen LogP contribution in [-0.4, -0.2) is 18.8 Å². The Morgan fingerprint density at radius 2 is 2.06 bits per heavy atom. The van der Waals surface area contributed by atoms with Gasteiger partial charge in [0.2, 0.25) is 0 Å². The van der Waals surface area contributed by atoms with Crippen molar-refractivity contribution in [3.8, 4) is 0 Å². The van der Waals surface area contributed by atoms with E-state index in [1.54, 1.807) is 0 Å². The summed E-state index contributed by atoms with van der Waals surface area (Å²) >= 11 is 7.78. The van der Waals surface area contributed by atoms with Gasteiger partial charge in [0, 0.05) is 21.7 Å². The van der Waals surface area contributed by atoms with E-state index in [4.69, 9.17) is 11.6 Å². The quantitative estimate of drug-likeness (QED) is 0.803. The number of benzene rings is 1. The minimum absolute atomic E-state index is 0.662. The molecular weight excluding hydrogens is 238 g/mol. The molecule has 1 aliphatic rings. The third-order valence-corrected chi connectivity index (χ3v) is 4.72. The van der Waals surface area contributed by atoms with E-state index in [9.17, 15) is 0 Å². The Morgan fingerprint density at radius 3 is 2.56 bits per heavy atom. The molecule has 1 atom stereocenters. The molecule has 1 saturated carbocycles. The Morgan fingerprint density at radius 1 is 1.38 bits per heavy atom. The minimum atomic E-state index is 0.662. The molecule has 16 heavy (non-hydrogen) atoms. The smallest absolute Gasteiger partial charge is 0.0406 e. The first kappa shape index (κ1) is 12.3. The van der Waals surface area contributed by atoms with Crippen molar-refractivity contribution in [3.63, 3.8) is 0 Å². The summed E-state index contributed by atoms with van der Waals surface area (Å²) in [5, 5.41) is 4.25. The molecule has 88 valence electrons. The van der Waals surface area contributed by atoms with Gasteiger partial charge in [0.25, 0.3) is 0 Å². The topological polar surface area (TPSA) is 12.0 Å². The van der Waals surface area contributed by atoms with Crippen molar-refractivity contribution in [1.29, 1.82) is 0 Å². The lowest BCUT2D eigenvalue weighted by molar-refractivity contribution is 0.252. The fraction of sp³-hybridized carbons (Fsp3) is 0.538. The monoisotopic (exact) mass is 255 g/mol. The highest BCUT2D eigenvalue weighted by molar-refractivity contribution is 7.99. The van der Waals surface area contributed by atoms with Crippen LogP contribution in [0.3, 0.4) is 0 Å². The zero-order valence-electron chi connectivity index (χ0n) is 9.58. The van der Waals surface area contributed by atoms with Gasteiger partial charge >= 0.3 is 0 Å². The molecule has 1 fully saturated rings. The maximum absolute atomic E-state index is 5.86. The number of hydrogen-bond donors (Lipinski definition) is 1. The van der Waals surface area contributed by atoms with Gasteiger partial charge in [-0.15, -0.1) is 11.8 Å². The van der Waals surface area contributed by atoms with E-state index in [0.29, 0.717) is 6.04 Å². The molecule has 1 aromatic carbocycles. The van der Waals surface area contributed by atoms with Gasteiger partial charge in [0.1, 0.15) is 0 Å². The lowest BCUT2D eigenvalue weighted by atomic mass is 9.80. The average molecular weight is 256 g/mol. The van der Waals surface area contributed by atoms with Crippen LogP contribution in [0.15, 0.2) is 29.2 Å². The molecule has 0 saturated heterocycles. The maximum Gasteiger partial charge on any atom is 0.0406 e. The summed E-state index contributed by atoms with van der Waals surface area (Å²) in [5.41, 5.74) is 0. The van der Waals surface area contributed by atoms with Crippen molar-refractivity contribution in [2.75, 3.05) is 12.8 Å². The third kappa shape index (κ3) is 3.16. The zero-order valence-corrected chi connectivity index (χ0v) is 11.2. The molecule has 0 spiro atoms. The zero-order chi connectivity index (χ0) is 11.4. The molecule has 0 bridgehead atoms. The van der Waals surface area contributed by atoms with Crippen LogP contribution >= 0.6 is 23.4 Å². The van der Waals surface area contributed by atoms with E-state index in [-0.39, 0.29) is 0 Å². The standard InChI is InChI=1S/C13H18ClNS/c1-15-13(10-3-2-4-10)9-16-12-7-5-11(14)6-8-12/h5-8,10,13,15H,2-4,9H2,1H3. The highest BCUT2D eigenvalue weighted by Gasteiger charge is 2.25. The van der Waals surface area contributed by atoms with Gasteiger partial charge in [-0.05, 0) is 50.1 Å². The second-order valence-corrected chi connectivity index (χ2v) is 5.88. The second kappa shape index (κ2) is 5.95. The largest absolute Gasteiger partial charge is 0.316 e. The van der Waals surface area contributed by atoms with E-state index in [0.717, 1.165) is 16.7 Å². The fourth-order valence-electron chi connectivity index (χ4n) is 2.01. The van der Waals surface area contributed by atoms with Gasteiger partial charge < -0.3 is 5.32 Å². The first-order valence-electron chi connectivity index (χ1n) is 5.85. The average Bonchev–Trinajstić information content (AvgIpc) is 2.23. The summed E-state index contributed by atoms with van der Waals surface area (Å²) in [6, 6.07) is 8.78. The molecule has 2 rings (SSSR count). The minimum Gasteiger partial charge on any atom is -0.316 e. The number of thioether (sulfide) groups is 1. The van der Waals surface area contributed by atoms with Gasteiger partial charge in [-0.3, -0.25) is 0 Å². The van der Waals surface area contributed by atoms with E-state index in [2.05, 4.69) is 24.5 Å². The summed E-state index contributed by atoms with van der Waals surface area (Å²) in [4.78, 5) is 1.31. The van der Waals surface area contributed by atoms with Crippen molar-refractivity contribution in [1.82, 2.24) is 5.32 Å². The molecule has 0 amide bonds. The number of hydrogen-bond acceptors (Lipinski definition) is 2. The molecule has 1 unspecified atom stereocenters. The summed E-state index contributed by atoms with van der Waals surface area (Å²) in [6.45, 7) is 0. The predicted octanol–water partition coefficient (Wildman–Crippen LogP) is 3.82. The number of nitrogens with one attached hydrogen (secondary N) is 1. The maximum atomic E-state index is 5.86. The number of rotatable bonds is 5. The molecule has 0 heterocycles. The molecule has 0 aromatic heterocycles. The Balaban J connectivity index is 1.83. The highest BCUT2D eigenvalue weighted by atomic mass is 35.5. The van der Waals surface area contributed by atoms with E-state index >= 15 is 0 Å². The lowest BCUT2D eigenvalue weighted by Crippen LogP contribution is -2.39. The van der Waals surface area contributed by atoms with Gasteiger partial charge in [0.15, 0.2) is 0 Å². The number of halogens is 1. The molecule has 0 radical (unpaired) electrons. The molecule has 1 N–H and O–H groups in total. The van der Waals surface area contributed by atoms with E-state index in [1.165, 1.54) is 24.2 Å². The van der Waals surface area contributed by atoms with Crippen molar-refractivity contribution >= 4 is 23.4 Å². The first-order valence-corrected chi connectivity index (χ1v) is 7.21. The van der Waals surface area contributed by atoms with Gasteiger partial charge in [-0.2, -0.15) is 0 Å². The fourth-order valence-corrected chi connectivity index (χ4v) is 3.28. The molecule has 0 aliphatic heterocycles. The van der Waals surface area contributed by atoms with Crippen LogP contribution in [0.4, 0.5) is 0 Å². The van der Waals surface area contributed by atoms with Crippen LogP contribution in [0, 0.1) is 5.92 Å². The second-order valence-electron chi connectivity index (χ2n) is 4.35. The third-order valence-electron chi connectivity index (χ3n) is 3.33. The summed E-state index contributed by atoms with van der Waals surface area (Å²) in [6.07, 6.45) is 4.20. The normalized spacial score (nSPS) is 18.1. The summed E-state index contributed by atoms with van der Waals surface area (Å²) in [7, 11) is 2.07. The van der Waals surface area contributed by atoms with Crippen molar-refractivity contribution in [3.05, 3.63) is 29.3 Å². The molecule has 3 heteroatoms. The molecular formula is C13H18ClNS. The van der Waals surface area contributed by atoms with Gasteiger partial charge in [-0.25, -0.2) is 0 Å². The van der Waals surface area contributed by atoms with Crippen molar-refractivity contribution in [2.24, 2.45) is 5.92 Å². The van der Waals surface area contributed by atoms with Crippen LogP contribution in [-0.2, 0) is 0 Å². The van der Waals surface area contributed by atoms with Gasteiger partial charge in [0.05, 0.1) is 0 Å². The van der Waals surface area contributed by atoms with Gasteiger partial charge in [-0.1, -0.05) is 18.0 Å². The lowest BCUT2D eigenvalue weighted by Gasteiger charge is -2.33. The van der Waals surface area contributed by atoms with Crippen LogP contribution in [0.5, 0.6) is 0 Å². The SMILES string of the molecule is CNC(CSc1ccc(Cl)cc1)C1CCC1. The molecule has 1 aliphatic carbocycles. The molecule has 1 nitrogen and oxygen atoms in total. The highest BCUT2D eigenvalue weighted by Crippen LogP contribution is 2.32. The first-order chi connectivity index (χ1) is 7.79. The van der Waals surface area contributed by atoms with Crippen LogP contribution in [0.2, 0.25) is 5.02 Å². The van der Waals surface area contributed by atoms with E-state index in [1.807, 2.05) is 23.9 Å². The van der Waals surface area contributed by atoms with Crippen LogP contribution < -0.4 is 5.32 Å². The van der Waals surface area contributed by atoms with Crippen LogP contribution in [0.1, 0.15) is 19.3 Å². The summed E-state index contributed by atoms with van der Waals surface area (Å²) < 4.78 is 0. The molecule has 1 aromatic rings.